The van der Waals surface area contributed by atoms with Crippen molar-refractivity contribution in [3.63, 3.8) is 0 Å². The van der Waals surface area contributed by atoms with Crippen LogP contribution in [-0.2, 0) is 0 Å². The molecule has 0 aromatic carbocycles. The molecule has 0 N–H and O–H groups in total. The first-order valence-corrected chi connectivity index (χ1v) is 4.18. The van der Waals surface area contributed by atoms with Gasteiger partial charge in [0.25, 0.3) is 0 Å². The topological polar surface area (TPSA) is 54.5 Å². The van der Waals surface area contributed by atoms with Crippen molar-refractivity contribution in [3.8, 4) is 11.9 Å². The van der Waals surface area contributed by atoms with Gasteiger partial charge in [-0.2, -0.15) is 10.4 Å². The third-order valence-electron chi connectivity index (χ3n) is 1.92. The monoisotopic (exact) mass is 184 g/mol. The van der Waals surface area contributed by atoms with Gasteiger partial charge in [0, 0.05) is 24.2 Å². The molecule has 0 unspecified atom stereocenters. The summed E-state index contributed by atoms with van der Waals surface area (Å²) in [5.74, 6) is 0.673. The molecule has 0 radical (unpaired) electrons. The van der Waals surface area contributed by atoms with Crippen LogP contribution in [0.3, 0.4) is 0 Å². The van der Waals surface area contributed by atoms with Gasteiger partial charge >= 0.3 is 0 Å². The molecule has 2 rings (SSSR count). The van der Waals surface area contributed by atoms with Crippen molar-refractivity contribution in [3.05, 3.63) is 41.9 Å². The molecule has 2 heterocycles. The third kappa shape index (κ3) is 1.36. The molecule has 0 bridgehead atoms. The molecule has 4 nitrogen and oxygen atoms in total. The minimum Gasteiger partial charge on any atom is -0.237 e. The van der Waals surface area contributed by atoms with Crippen molar-refractivity contribution in [1.82, 2.24) is 14.8 Å². The van der Waals surface area contributed by atoms with Crippen LogP contribution in [0.25, 0.3) is 5.82 Å². The number of pyridine rings is 1. The van der Waals surface area contributed by atoms with Crippen LogP contribution in [-0.4, -0.2) is 14.8 Å². The number of hydrogen-bond acceptors (Lipinski definition) is 3. The average molecular weight is 184 g/mol. The van der Waals surface area contributed by atoms with Gasteiger partial charge in [-0.25, -0.2) is 9.67 Å². The van der Waals surface area contributed by atoms with E-state index < -0.39 is 0 Å². The summed E-state index contributed by atoms with van der Waals surface area (Å²) in [6.07, 6.45) is 3.31. The second-order valence-electron chi connectivity index (χ2n) is 2.90. The highest BCUT2D eigenvalue weighted by molar-refractivity contribution is 5.35. The zero-order chi connectivity index (χ0) is 9.97. The van der Waals surface area contributed by atoms with Gasteiger partial charge in [-0.1, -0.05) is 0 Å². The van der Waals surface area contributed by atoms with Gasteiger partial charge in [-0.3, -0.25) is 0 Å². The van der Waals surface area contributed by atoms with Crippen molar-refractivity contribution in [1.29, 1.82) is 5.26 Å². The fraction of sp³-hybridized carbons (Fsp3) is 0.100. The van der Waals surface area contributed by atoms with E-state index in [9.17, 15) is 0 Å². The van der Waals surface area contributed by atoms with Gasteiger partial charge in [-0.05, 0) is 19.1 Å². The maximum Gasteiger partial charge on any atom is 0.154 e. The minimum absolute atomic E-state index is 0.588. The molecule has 0 saturated carbocycles. The molecule has 0 amide bonds. The fourth-order valence-electron chi connectivity index (χ4n) is 1.21. The first-order chi connectivity index (χ1) is 6.81. The number of aromatic nitrogens is 3. The summed E-state index contributed by atoms with van der Waals surface area (Å²) in [6, 6.07) is 7.33. The maximum atomic E-state index is 8.72. The lowest BCUT2D eigenvalue weighted by Crippen LogP contribution is -2.01. The van der Waals surface area contributed by atoms with Crippen molar-refractivity contribution >= 4 is 0 Å². The molecule has 14 heavy (non-hydrogen) atoms. The molecule has 0 saturated heterocycles. The molecule has 0 aliphatic carbocycles. The predicted molar refractivity (Wildman–Crippen MR) is 50.8 cm³/mol. The van der Waals surface area contributed by atoms with Crippen LogP contribution in [0.1, 0.15) is 11.3 Å². The van der Waals surface area contributed by atoms with E-state index in [0.717, 1.165) is 5.69 Å². The standard InChI is InChI=1S/C10H8N4/c1-8-2-5-13-14(8)10-6-9(7-11)3-4-12-10/h2-6H,1H3. The Morgan fingerprint density at radius 1 is 1.36 bits per heavy atom. The van der Waals surface area contributed by atoms with Crippen LogP contribution in [0.4, 0.5) is 0 Å². The number of nitrogens with zero attached hydrogens (tertiary/aromatic N) is 4. The Balaban J connectivity index is 2.53. The Morgan fingerprint density at radius 3 is 2.86 bits per heavy atom. The van der Waals surface area contributed by atoms with Crippen LogP contribution in [0, 0.1) is 18.3 Å². The molecule has 68 valence electrons. The van der Waals surface area contributed by atoms with E-state index in [4.69, 9.17) is 5.26 Å². The van der Waals surface area contributed by atoms with Crippen LogP contribution in [0.15, 0.2) is 30.6 Å². The molecular weight excluding hydrogens is 176 g/mol. The SMILES string of the molecule is Cc1ccnn1-c1cc(C#N)ccn1. The number of aryl methyl sites for hydroxylation is 1. The highest BCUT2D eigenvalue weighted by Crippen LogP contribution is 2.07. The van der Waals surface area contributed by atoms with Gasteiger partial charge < -0.3 is 0 Å². The van der Waals surface area contributed by atoms with Crippen molar-refractivity contribution < 1.29 is 0 Å². The van der Waals surface area contributed by atoms with E-state index in [1.54, 1.807) is 29.2 Å². The Morgan fingerprint density at radius 2 is 2.21 bits per heavy atom. The van der Waals surface area contributed by atoms with Crippen LogP contribution in [0.2, 0.25) is 0 Å². The van der Waals surface area contributed by atoms with Gasteiger partial charge in [-0.15, -0.1) is 0 Å². The number of nitriles is 1. The lowest BCUT2D eigenvalue weighted by Gasteiger charge is -2.02. The predicted octanol–water partition coefficient (Wildman–Crippen LogP) is 1.45. The Hall–Kier alpha value is -2.15. The maximum absolute atomic E-state index is 8.72. The Bertz CT molecular complexity index is 493. The van der Waals surface area contributed by atoms with E-state index in [1.165, 1.54) is 0 Å². The first-order valence-electron chi connectivity index (χ1n) is 4.18. The molecular formula is C10H8N4. The second-order valence-corrected chi connectivity index (χ2v) is 2.90. The van der Waals surface area contributed by atoms with E-state index in [2.05, 4.69) is 16.2 Å². The smallest absolute Gasteiger partial charge is 0.154 e. The van der Waals surface area contributed by atoms with Crippen LogP contribution >= 0.6 is 0 Å². The summed E-state index contributed by atoms with van der Waals surface area (Å²) in [4.78, 5) is 4.14. The van der Waals surface area contributed by atoms with Crippen molar-refractivity contribution in [2.45, 2.75) is 6.92 Å². The normalized spacial score (nSPS) is 9.71. The average Bonchev–Trinajstić information content (AvgIpc) is 2.65. The summed E-state index contributed by atoms with van der Waals surface area (Å²) in [5.41, 5.74) is 1.58. The Labute approximate surface area is 81.4 Å². The molecule has 4 heteroatoms. The number of rotatable bonds is 1. The molecule has 0 fully saturated rings. The molecule has 2 aromatic heterocycles. The van der Waals surface area contributed by atoms with Crippen LogP contribution in [0.5, 0.6) is 0 Å². The van der Waals surface area contributed by atoms with E-state index in [-0.39, 0.29) is 0 Å². The molecule has 0 aliphatic heterocycles. The van der Waals surface area contributed by atoms with Gasteiger partial charge in [0.2, 0.25) is 0 Å². The zero-order valence-electron chi connectivity index (χ0n) is 7.68. The summed E-state index contributed by atoms with van der Waals surface area (Å²) >= 11 is 0. The molecule has 0 spiro atoms. The summed E-state index contributed by atoms with van der Waals surface area (Å²) < 4.78 is 1.70. The molecule has 0 atom stereocenters. The zero-order valence-corrected chi connectivity index (χ0v) is 7.68. The third-order valence-corrected chi connectivity index (χ3v) is 1.92. The van der Waals surface area contributed by atoms with E-state index in [0.29, 0.717) is 11.4 Å². The highest BCUT2D eigenvalue weighted by Gasteiger charge is 2.02. The van der Waals surface area contributed by atoms with Crippen molar-refractivity contribution in [2.75, 3.05) is 0 Å². The summed E-state index contributed by atoms with van der Waals surface area (Å²) in [7, 11) is 0. The first kappa shape index (κ1) is 8.45. The van der Waals surface area contributed by atoms with Gasteiger partial charge in [0.15, 0.2) is 5.82 Å². The second kappa shape index (κ2) is 3.30. The summed E-state index contributed by atoms with van der Waals surface area (Å²) in [5, 5.41) is 12.8. The molecule has 2 aromatic rings. The minimum atomic E-state index is 0.588. The van der Waals surface area contributed by atoms with E-state index >= 15 is 0 Å². The highest BCUT2D eigenvalue weighted by atomic mass is 15.3. The van der Waals surface area contributed by atoms with Gasteiger partial charge in [0.05, 0.1) is 11.6 Å². The number of hydrogen-bond donors (Lipinski definition) is 0. The van der Waals surface area contributed by atoms with Gasteiger partial charge in [0.1, 0.15) is 0 Å². The summed E-state index contributed by atoms with van der Waals surface area (Å²) in [6.45, 7) is 1.94. The fourth-order valence-corrected chi connectivity index (χ4v) is 1.21. The van der Waals surface area contributed by atoms with E-state index in [1.807, 2.05) is 13.0 Å². The lowest BCUT2D eigenvalue weighted by molar-refractivity contribution is 0.817. The quantitative estimate of drug-likeness (QED) is 0.674. The lowest BCUT2D eigenvalue weighted by atomic mass is 10.3. The van der Waals surface area contributed by atoms with Crippen LogP contribution < -0.4 is 0 Å². The largest absolute Gasteiger partial charge is 0.237 e. The molecule has 0 aliphatic rings. The van der Waals surface area contributed by atoms with Crippen molar-refractivity contribution in [2.24, 2.45) is 0 Å². The Kier molecular flexibility index (Phi) is 1.99.